The summed E-state index contributed by atoms with van der Waals surface area (Å²) in [7, 11) is 0. The van der Waals surface area contributed by atoms with Crippen molar-refractivity contribution in [3.8, 4) is 0 Å². The van der Waals surface area contributed by atoms with Gasteiger partial charge in [-0.05, 0) is 48.9 Å². The Morgan fingerprint density at radius 1 is 1.40 bits per heavy atom. The fraction of sp³-hybridized carbons (Fsp3) is 0.389. The molecule has 0 aliphatic rings. The molecule has 0 saturated carbocycles. The van der Waals surface area contributed by atoms with Gasteiger partial charge in [0.25, 0.3) is 4.83 Å². The van der Waals surface area contributed by atoms with E-state index in [1.807, 2.05) is 0 Å². The number of hydrogen-bond acceptors (Lipinski definition) is 1. The molecule has 0 bridgehead atoms. The minimum atomic E-state index is 0.277. The molecule has 0 saturated heterocycles. The Kier molecular flexibility index (Phi) is 5.54. The van der Waals surface area contributed by atoms with Gasteiger partial charge in [0, 0.05) is 6.07 Å². The van der Waals surface area contributed by atoms with Gasteiger partial charge in [-0.25, -0.2) is 0 Å². The SMILES string of the molecule is C=CC(C(=CC)CCCCC)[n+]1cccc2ccsc21. The van der Waals surface area contributed by atoms with E-state index in [4.69, 9.17) is 0 Å². The Hall–Kier alpha value is -1.41. The van der Waals surface area contributed by atoms with Crippen LogP contribution in [0.25, 0.3) is 10.2 Å². The molecule has 106 valence electrons. The molecule has 0 N–H and O–H groups in total. The maximum Gasteiger partial charge on any atom is 0.269 e. The Bertz CT molecular complexity index is 594. The van der Waals surface area contributed by atoms with Gasteiger partial charge in [0.2, 0.25) is 0 Å². The first-order chi connectivity index (χ1) is 9.81. The van der Waals surface area contributed by atoms with Crippen LogP contribution in [-0.4, -0.2) is 0 Å². The van der Waals surface area contributed by atoms with Crippen molar-refractivity contribution in [2.24, 2.45) is 0 Å². The van der Waals surface area contributed by atoms with Crippen LogP contribution in [0.2, 0.25) is 0 Å². The molecule has 0 amide bonds. The van der Waals surface area contributed by atoms with Crippen LogP contribution in [-0.2, 0) is 0 Å². The van der Waals surface area contributed by atoms with Gasteiger partial charge in [-0.3, -0.25) is 0 Å². The molecular weight excluding hydrogens is 262 g/mol. The zero-order valence-electron chi connectivity index (χ0n) is 12.5. The molecule has 0 aliphatic heterocycles. The summed E-state index contributed by atoms with van der Waals surface area (Å²) in [6, 6.07) is 6.77. The summed E-state index contributed by atoms with van der Waals surface area (Å²) < 4.78 is 2.36. The van der Waals surface area contributed by atoms with E-state index < -0.39 is 0 Å². The van der Waals surface area contributed by atoms with Crippen molar-refractivity contribution in [1.82, 2.24) is 0 Å². The molecule has 2 aromatic rings. The van der Waals surface area contributed by atoms with Crippen LogP contribution in [0, 0.1) is 0 Å². The minimum absolute atomic E-state index is 0.277. The first-order valence-corrected chi connectivity index (χ1v) is 8.34. The lowest BCUT2D eigenvalue weighted by atomic mass is 9.99. The van der Waals surface area contributed by atoms with Crippen LogP contribution in [0.1, 0.15) is 45.6 Å². The van der Waals surface area contributed by atoms with Gasteiger partial charge in [0.1, 0.15) is 0 Å². The number of pyridine rings is 1. The highest BCUT2D eigenvalue weighted by Gasteiger charge is 2.22. The Morgan fingerprint density at radius 3 is 2.95 bits per heavy atom. The van der Waals surface area contributed by atoms with Gasteiger partial charge in [-0.15, -0.1) is 0 Å². The van der Waals surface area contributed by atoms with Gasteiger partial charge in [-0.2, -0.15) is 4.57 Å². The van der Waals surface area contributed by atoms with Crippen molar-refractivity contribution in [2.45, 2.75) is 45.6 Å². The van der Waals surface area contributed by atoms with E-state index in [1.165, 1.54) is 35.1 Å². The molecule has 0 aromatic carbocycles. The lowest BCUT2D eigenvalue weighted by Crippen LogP contribution is -2.39. The predicted octanol–water partition coefficient (Wildman–Crippen LogP) is 5.44. The van der Waals surface area contributed by atoms with Crippen molar-refractivity contribution in [3.05, 3.63) is 54.1 Å². The normalized spacial score (nSPS) is 13.6. The Balaban J connectivity index is 2.31. The van der Waals surface area contributed by atoms with Gasteiger partial charge >= 0.3 is 0 Å². The quantitative estimate of drug-likeness (QED) is 0.362. The summed E-state index contributed by atoms with van der Waals surface area (Å²) in [5, 5.41) is 3.47. The standard InChI is InChI=1S/C18H24NS/c1-4-7-8-10-15(5-2)17(6-3)19-13-9-11-16-12-14-20-18(16)19/h5-6,9,11-14,17H,3-4,7-8,10H2,1-2H3/q+1. The number of allylic oxidation sites excluding steroid dienone is 3. The number of thiophene rings is 1. The molecule has 0 aliphatic carbocycles. The summed E-state index contributed by atoms with van der Waals surface area (Å²) in [6.07, 6.45) is 11.5. The number of fused-ring (bicyclic) bond motifs is 1. The van der Waals surface area contributed by atoms with Crippen molar-refractivity contribution >= 4 is 21.6 Å². The lowest BCUT2D eigenvalue weighted by Gasteiger charge is -2.13. The van der Waals surface area contributed by atoms with E-state index in [0.29, 0.717) is 0 Å². The highest BCUT2D eigenvalue weighted by atomic mass is 32.1. The first kappa shape index (κ1) is 15.0. The number of hydrogen-bond donors (Lipinski definition) is 0. The van der Waals surface area contributed by atoms with E-state index in [9.17, 15) is 0 Å². The van der Waals surface area contributed by atoms with E-state index in [1.54, 1.807) is 11.3 Å². The summed E-state index contributed by atoms with van der Waals surface area (Å²) in [5.41, 5.74) is 1.47. The smallest absolute Gasteiger partial charge is 0.179 e. The van der Waals surface area contributed by atoms with Gasteiger partial charge < -0.3 is 0 Å². The van der Waals surface area contributed by atoms with Crippen molar-refractivity contribution < 1.29 is 4.57 Å². The van der Waals surface area contributed by atoms with E-state index >= 15 is 0 Å². The third kappa shape index (κ3) is 3.18. The van der Waals surface area contributed by atoms with Crippen LogP contribution in [0.5, 0.6) is 0 Å². The second-order valence-electron chi connectivity index (χ2n) is 5.10. The van der Waals surface area contributed by atoms with Crippen LogP contribution in [0.4, 0.5) is 0 Å². The predicted molar refractivity (Wildman–Crippen MR) is 89.2 cm³/mol. The molecular formula is C18H24NS+. The van der Waals surface area contributed by atoms with Crippen LogP contribution < -0.4 is 4.57 Å². The Labute approximate surface area is 126 Å². The molecule has 1 nitrogen and oxygen atoms in total. The molecule has 2 aromatic heterocycles. The third-order valence-electron chi connectivity index (χ3n) is 3.77. The number of nitrogens with zero attached hydrogens (tertiary/aromatic N) is 1. The van der Waals surface area contributed by atoms with Crippen molar-refractivity contribution in [2.75, 3.05) is 0 Å². The average molecular weight is 286 g/mol. The Morgan fingerprint density at radius 2 is 2.25 bits per heavy atom. The summed E-state index contributed by atoms with van der Waals surface area (Å²) >= 11 is 1.80. The zero-order valence-corrected chi connectivity index (χ0v) is 13.3. The molecule has 2 rings (SSSR count). The molecule has 0 spiro atoms. The van der Waals surface area contributed by atoms with Gasteiger partial charge in [-0.1, -0.05) is 43.8 Å². The van der Waals surface area contributed by atoms with Crippen LogP contribution >= 0.6 is 11.3 Å². The second kappa shape index (κ2) is 7.39. The number of unbranched alkanes of at least 4 members (excludes halogenated alkanes) is 2. The number of aromatic nitrogens is 1. The maximum absolute atomic E-state index is 4.07. The molecule has 0 fully saturated rings. The number of rotatable bonds is 7. The largest absolute Gasteiger partial charge is 0.269 e. The van der Waals surface area contributed by atoms with Crippen LogP contribution in [0.3, 0.4) is 0 Å². The zero-order chi connectivity index (χ0) is 14.4. The molecule has 1 unspecified atom stereocenters. The topological polar surface area (TPSA) is 3.88 Å². The van der Waals surface area contributed by atoms with E-state index in [0.717, 1.165) is 6.42 Å². The fourth-order valence-electron chi connectivity index (χ4n) is 2.66. The monoisotopic (exact) mass is 286 g/mol. The fourth-order valence-corrected chi connectivity index (χ4v) is 3.57. The lowest BCUT2D eigenvalue weighted by molar-refractivity contribution is -0.677. The summed E-state index contributed by atoms with van der Waals surface area (Å²) in [6.45, 7) is 8.47. The van der Waals surface area contributed by atoms with E-state index in [2.05, 4.69) is 66.9 Å². The first-order valence-electron chi connectivity index (χ1n) is 7.46. The summed E-state index contributed by atoms with van der Waals surface area (Å²) in [4.78, 5) is 1.33. The molecule has 20 heavy (non-hydrogen) atoms. The molecule has 2 heterocycles. The van der Waals surface area contributed by atoms with Crippen molar-refractivity contribution in [3.63, 3.8) is 0 Å². The minimum Gasteiger partial charge on any atom is -0.179 e. The molecule has 2 heteroatoms. The van der Waals surface area contributed by atoms with Gasteiger partial charge in [0.05, 0.1) is 5.39 Å². The molecule has 1 atom stereocenters. The van der Waals surface area contributed by atoms with E-state index in [-0.39, 0.29) is 6.04 Å². The van der Waals surface area contributed by atoms with Crippen LogP contribution in [0.15, 0.2) is 54.1 Å². The third-order valence-corrected chi connectivity index (χ3v) is 4.72. The van der Waals surface area contributed by atoms with Crippen molar-refractivity contribution in [1.29, 1.82) is 0 Å². The molecule has 0 radical (unpaired) electrons. The highest BCUT2D eigenvalue weighted by Crippen LogP contribution is 2.24. The van der Waals surface area contributed by atoms with Gasteiger partial charge in [0.15, 0.2) is 12.2 Å². The summed E-state index contributed by atoms with van der Waals surface area (Å²) in [5.74, 6) is 0. The second-order valence-corrected chi connectivity index (χ2v) is 5.99. The maximum atomic E-state index is 4.07. The highest BCUT2D eigenvalue weighted by molar-refractivity contribution is 7.16. The average Bonchev–Trinajstić information content (AvgIpc) is 2.95.